The van der Waals surface area contributed by atoms with Crippen LogP contribution in [0.4, 0.5) is 0 Å². The molecule has 0 radical (unpaired) electrons. The molecule has 3 atom stereocenters. The van der Waals surface area contributed by atoms with Gasteiger partial charge in [-0.1, -0.05) is 65.2 Å². The van der Waals surface area contributed by atoms with Crippen molar-refractivity contribution < 1.29 is 4.79 Å². The van der Waals surface area contributed by atoms with Gasteiger partial charge in [0, 0.05) is 109 Å². The number of hydrogen-bond acceptors (Lipinski definition) is 5. The molecule has 0 spiro atoms. The van der Waals surface area contributed by atoms with E-state index < -0.39 is 0 Å². The summed E-state index contributed by atoms with van der Waals surface area (Å²) in [6.45, 7) is 9.93. The molecule has 4 aromatic rings. The Morgan fingerprint density at radius 2 is 1.71 bits per heavy atom. The largest absolute Gasteiger partial charge is 0.355 e. The van der Waals surface area contributed by atoms with Crippen molar-refractivity contribution in [1.82, 2.24) is 30.3 Å². The van der Waals surface area contributed by atoms with Crippen LogP contribution in [0.5, 0.6) is 0 Å². The number of rotatable bonds is 10. The smallest absolute Gasteiger partial charge is 0.238 e. The molecule has 7 nitrogen and oxygen atoms in total. The van der Waals surface area contributed by atoms with Crippen LogP contribution in [0.15, 0.2) is 66.9 Å². The third-order valence-corrected chi connectivity index (χ3v) is 10.5. The van der Waals surface area contributed by atoms with Gasteiger partial charge >= 0.3 is 0 Å². The van der Waals surface area contributed by atoms with Crippen LogP contribution in [0.3, 0.4) is 0 Å². The molecule has 7 rings (SSSR count). The minimum absolute atomic E-state index is 0.0796. The number of benzene rings is 3. The van der Waals surface area contributed by atoms with Crippen molar-refractivity contribution in [2.75, 3.05) is 39.3 Å². The van der Waals surface area contributed by atoms with Crippen molar-refractivity contribution in [2.24, 2.45) is 0 Å². The number of piperazine rings is 2. The van der Waals surface area contributed by atoms with Crippen LogP contribution in [0.2, 0.25) is 10.0 Å². The van der Waals surface area contributed by atoms with Crippen LogP contribution in [0.1, 0.15) is 29.5 Å². The summed E-state index contributed by atoms with van der Waals surface area (Å²) in [5.74, 6) is 0.0796. The van der Waals surface area contributed by atoms with Crippen LogP contribution in [0, 0.1) is 6.92 Å². The van der Waals surface area contributed by atoms with Gasteiger partial charge in [0.05, 0.1) is 6.04 Å². The molecule has 236 valence electrons. The fourth-order valence-corrected chi connectivity index (χ4v) is 7.87. The molecule has 45 heavy (non-hydrogen) atoms. The third-order valence-electron chi connectivity index (χ3n) is 9.82. The standard InChI is InChI=1S/C36H42Cl2N6O/c1-24-6-9-26(10-7-24)30-22-42(15-3-12-41-36(45)34-18-39-13-14-40-34)35-11-8-25(16-29(30)35)19-43-20-28-17-27(43)21-44(28)23-31-32(37)4-2-5-33(31)38/h2,4-11,16,22,27-28,34,39-40H,3,12-15,17-21,23H2,1H3,(H,41,45). The average Bonchev–Trinajstić information content (AvgIpc) is 3.74. The van der Waals surface area contributed by atoms with Gasteiger partial charge in [0.25, 0.3) is 0 Å². The molecule has 3 saturated heterocycles. The molecule has 3 fully saturated rings. The lowest BCUT2D eigenvalue weighted by atomic mass is 10.0. The van der Waals surface area contributed by atoms with Crippen molar-refractivity contribution in [3.63, 3.8) is 0 Å². The highest BCUT2D eigenvalue weighted by molar-refractivity contribution is 6.36. The van der Waals surface area contributed by atoms with E-state index in [1.165, 1.54) is 39.6 Å². The van der Waals surface area contributed by atoms with Gasteiger partial charge < -0.3 is 20.5 Å². The van der Waals surface area contributed by atoms with Crippen molar-refractivity contribution in [3.8, 4) is 11.1 Å². The lowest BCUT2D eigenvalue weighted by Crippen LogP contribution is -2.55. The summed E-state index contributed by atoms with van der Waals surface area (Å²) < 4.78 is 2.36. The zero-order valence-corrected chi connectivity index (χ0v) is 27.4. The molecule has 4 heterocycles. The van der Waals surface area contributed by atoms with E-state index in [4.69, 9.17) is 23.2 Å². The first kappa shape index (κ1) is 30.7. The monoisotopic (exact) mass is 644 g/mol. The Kier molecular flexibility index (Phi) is 9.18. The van der Waals surface area contributed by atoms with Crippen LogP contribution in [0.25, 0.3) is 22.0 Å². The third kappa shape index (κ3) is 6.66. The molecular formula is C36H42Cl2N6O. The SMILES string of the molecule is Cc1ccc(-c2cn(CCCNC(=O)C3CNCCN3)c3ccc(CN4CC5CC4CN5Cc4c(Cl)cccc4Cl)cc23)cc1. The molecular weight excluding hydrogens is 603 g/mol. The van der Waals surface area contributed by atoms with E-state index in [9.17, 15) is 4.79 Å². The summed E-state index contributed by atoms with van der Waals surface area (Å²) in [6.07, 6.45) is 4.36. The van der Waals surface area contributed by atoms with E-state index in [2.05, 4.69) is 85.9 Å². The fraction of sp³-hybridized carbons (Fsp3) is 0.417. The van der Waals surface area contributed by atoms with E-state index in [0.717, 1.165) is 67.8 Å². The Labute approximate surface area is 275 Å². The summed E-state index contributed by atoms with van der Waals surface area (Å²) >= 11 is 13.0. The number of amides is 1. The zero-order valence-electron chi connectivity index (χ0n) is 25.9. The number of aryl methyl sites for hydroxylation is 2. The molecule has 1 amide bonds. The van der Waals surface area contributed by atoms with E-state index in [1.54, 1.807) is 0 Å². The predicted octanol–water partition coefficient (Wildman–Crippen LogP) is 5.45. The van der Waals surface area contributed by atoms with Gasteiger partial charge in [-0.3, -0.25) is 14.6 Å². The second-order valence-corrected chi connectivity index (χ2v) is 13.7. The van der Waals surface area contributed by atoms with Crippen LogP contribution < -0.4 is 16.0 Å². The number of nitrogens with one attached hydrogen (secondary N) is 3. The highest BCUT2D eigenvalue weighted by Crippen LogP contribution is 2.37. The van der Waals surface area contributed by atoms with Gasteiger partial charge in [-0.2, -0.15) is 0 Å². The second-order valence-electron chi connectivity index (χ2n) is 12.9. The number of carbonyl (C=O) groups is 1. The molecule has 1 aromatic heterocycles. The van der Waals surface area contributed by atoms with Crippen molar-refractivity contribution >= 4 is 40.0 Å². The molecule has 0 aliphatic carbocycles. The maximum atomic E-state index is 12.6. The molecule has 9 heteroatoms. The van der Waals surface area contributed by atoms with E-state index in [0.29, 0.717) is 25.2 Å². The summed E-state index contributed by atoms with van der Waals surface area (Å²) in [4.78, 5) is 17.8. The first-order valence-electron chi connectivity index (χ1n) is 16.2. The molecule has 3 unspecified atom stereocenters. The number of fused-ring (bicyclic) bond motifs is 3. The van der Waals surface area contributed by atoms with E-state index in [-0.39, 0.29) is 11.9 Å². The topological polar surface area (TPSA) is 64.6 Å². The van der Waals surface area contributed by atoms with Gasteiger partial charge in [-0.05, 0) is 55.2 Å². The fourth-order valence-electron chi connectivity index (χ4n) is 7.35. The highest BCUT2D eigenvalue weighted by Gasteiger charge is 2.43. The minimum atomic E-state index is -0.146. The summed E-state index contributed by atoms with van der Waals surface area (Å²) in [5, 5.41) is 12.5. The first-order valence-corrected chi connectivity index (χ1v) is 17.0. The van der Waals surface area contributed by atoms with E-state index in [1.807, 2.05) is 18.2 Å². The van der Waals surface area contributed by atoms with Crippen molar-refractivity contribution in [2.45, 2.75) is 57.5 Å². The first-order chi connectivity index (χ1) is 21.9. The molecule has 3 N–H and O–H groups in total. The highest BCUT2D eigenvalue weighted by atomic mass is 35.5. The van der Waals surface area contributed by atoms with Gasteiger partial charge in [0.1, 0.15) is 0 Å². The lowest BCUT2D eigenvalue weighted by molar-refractivity contribution is -0.123. The number of aromatic nitrogens is 1. The molecule has 2 bridgehead atoms. The lowest BCUT2D eigenvalue weighted by Gasteiger charge is -2.34. The Morgan fingerprint density at radius 1 is 0.956 bits per heavy atom. The maximum Gasteiger partial charge on any atom is 0.238 e. The maximum absolute atomic E-state index is 12.6. The number of nitrogens with zero attached hydrogens (tertiary/aromatic N) is 3. The number of carbonyl (C=O) groups excluding carboxylic acids is 1. The molecule has 0 saturated carbocycles. The van der Waals surface area contributed by atoms with Gasteiger partial charge in [-0.25, -0.2) is 0 Å². The number of hydrogen-bond donors (Lipinski definition) is 3. The normalized spacial score (nSPS) is 22.0. The summed E-state index contributed by atoms with van der Waals surface area (Å²) in [6, 6.07) is 22.5. The van der Waals surface area contributed by atoms with Gasteiger partial charge in [0.15, 0.2) is 0 Å². The summed E-state index contributed by atoms with van der Waals surface area (Å²) in [5.41, 5.74) is 7.39. The van der Waals surface area contributed by atoms with Crippen molar-refractivity contribution in [1.29, 1.82) is 0 Å². The van der Waals surface area contributed by atoms with Gasteiger partial charge in [-0.15, -0.1) is 0 Å². The minimum Gasteiger partial charge on any atom is -0.355 e. The Morgan fingerprint density at radius 3 is 2.42 bits per heavy atom. The molecule has 3 aliphatic heterocycles. The van der Waals surface area contributed by atoms with Crippen LogP contribution in [-0.2, 0) is 24.4 Å². The zero-order chi connectivity index (χ0) is 30.9. The second kappa shape index (κ2) is 13.4. The predicted molar refractivity (Wildman–Crippen MR) is 184 cm³/mol. The van der Waals surface area contributed by atoms with Crippen molar-refractivity contribution in [3.05, 3.63) is 93.6 Å². The number of likely N-dealkylation sites (tertiary alicyclic amines) is 2. The van der Waals surface area contributed by atoms with E-state index >= 15 is 0 Å². The number of halogens is 2. The Hall–Kier alpha value is -2.91. The van der Waals surface area contributed by atoms with Gasteiger partial charge in [0.2, 0.25) is 5.91 Å². The Bertz CT molecular complexity index is 1640. The average molecular weight is 646 g/mol. The Balaban J connectivity index is 1.04. The summed E-state index contributed by atoms with van der Waals surface area (Å²) in [7, 11) is 0. The molecule has 3 aromatic carbocycles. The molecule has 3 aliphatic rings. The quantitative estimate of drug-likeness (QED) is 0.200. The van der Waals surface area contributed by atoms with Crippen LogP contribution >= 0.6 is 23.2 Å². The van der Waals surface area contributed by atoms with Crippen LogP contribution in [-0.4, -0.2) is 77.7 Å².